The highest BCUT2D eigenvalue weighted by atomic mass is 79.9. The summed E-state index contributed by atoms with van der Waals surface area (Å²) in [6.07, 6.45) is 3.05. The number of carbonyl (C=O) groups is 1. The quantitative estimate of drug-likeness (QED) is 0.911. The summed E-state index contributed by atoms with van der Waals surface area (Å²) < 4.78 is 2.86. The number of halogens is 1. The number of hydrogen-bond donors (Lipinski definition) is 1. The van der Waals surface area contributed by atoms with Crippen LogP contribution in [0.3, 0.4) is 0 Å². The lowest BCUT2D eigenvalue weighted by atomic mass is 9.95. The topological polar surface area (TPSA) is 55.1 Å². The fourth-order valence-corrected chi connectivity index (χ4v) is 3.31. The van der Waals surface area contributed by atoms with Gasteiger partial charge in [0.15, 0.2) is 5.69 Å². The number of nitrogens with zero attached hydrogens (tertiary/aromatic N) is 2. The number of hydrogen-bond acceptors (Lipinski definition) is 2. The molecule has 1 aromatic heterocycles. The monoisotopic (exact) mass is 334 g/mol. The van der Waals surface area contributed by atoms with Crippen molar-refractivity contribution < 1.29 is 9.90 Å². The second-order valence-corrected chi connectivity index (χ2v) is 6.03. The Kier molecular flexibility index (Phi) is 3.38. The van der Waals surface area contributed by atoms with Gasteiger partial charge in [0.25, 0.3) is 0 Å². The van der Waals surface area contributed by atoms with Gasteiger partial charge in [0, 0.05) is 22.3 Å². The predicted molar refractivity (Wildman–Crippen MR) is 80.0 cm³/mol. The highest BCUT2D eigenvalue weighted by Crippen LogP contribution is 2.34. The van der Waals surface area contributed by atoms with Crippen molar-refractivity contribution in [1.82, 2.24) is 9.78 Å². The molecule has 0 atom stereocenters. The van der Waals surface area contributed by atoms with Gasteiger partial charge in [-0.2, -0.15) is 5.10 Å². The Bertz CT molecular complexity index is 691. The molecule has 0 unspecified atom stereocenters. The Hall–Kier alpha value is -1.62. The van der Waals surface area contributed by atoms with Gasteiger partial charge in [0.1, 0.15) is 0 Å². The lowest BCUT2D eigenvalue weighted by molar-refractivity contribution is 0.0690. The van der Waals surface area contributed by atoms with Crippen LogP contribution in [0, 0.1) is 6.92 Å². The van der Waals surface area contributed by atoms with Crippen LogP contribution in [0.15, 0.2) is 22.7 Å². The molecule has 1 aliphatic heterocycles. The van der Waals surface area contributed by atoms with Crippen molar-refractivity contribution in [3.8, 4) is 11.1 Å². The predicted octanol–water partition coefficient (Wildman–Crippen LogP) is 3.66. The van der Waals surface area contributed by atoms with Crippen LogP contribution in [0.25, 0.3) is 11.1 Å². The van der Waals surface area contributed by atoms with Crippen LogP contribution in [-0.4, -0.2) is 20.9 Å². The third-order valence-electron chi connectivity index (χ3n) is 3.75. The fourth-order valence-electron chi connectivity index (χ4n) is 2.83. The molecule has 0 fully saturated rings. The Balaban J connectivity index is 2.25. The van der Waals surface area contributed by atoms with E-state index in [-0.39, 0.29) is 5.69 Å². The number of fused-ring (bicyclic) bond motifs is 1. The van der Waals surface area contributed by atoms with Crippen LogP contribution in [0.5, 0.6) is 0 Å². The van der Waals surface area contributed by atoms with Gasteiger partial charge in [0.2, 0.25) is 0 Å². The van der Waals surface area contributed by atoms with Crippen LogP contribution in [0.2, 0.25) is 0 Å². The number of aromatic nitrogens is 2. The molecule has 2 heterocycles. The summed E-state index contributed by atoms with van der Waals surface area (Å²) in [7, 11) is 0. The first-order chi connectivity index (χ1) is 9.58. The molecule has 0 saturated heterocycles. The summed E-state index contributed by atoms with van der Waals surface area (Å²) >= 11 is 3.44. The highest BCUT2D eigenvalue weighted by molar-refractivity contribution is 9.10. The minimum Gasteiger partial charge on any atom is -0.476 e. The maximum atomic E-state index is 11.5. The Morgan fingerprint density at radius 1 is 1.40 bits per heavy atom. The van der Waals surface area contributed by atoms with Crippen molar-refractivity contribution in [3.63, 3.8) is 0 Å². The molecule has 5 heteroatoms. The summed E-state index contributed by atoms with van der Waals surface area (Å²) in [4.78, 5) is 11.5. The van der Waals surface area contributed by atoms with Crippen molar-refractivity contribution in [2.24, 2.45) is 0 Å². The van der Waals surface area contributed by atoms with E-state index >= 15 is 0 Å². The van der Waals surface area contributed by atoms with Crippen LogP contribution < -0.4 is 0 Å². The first-order valence-corrected chi connectivity index (χ1v) is 7.46. The lowest BCUT2D eigenvalue weighted by Crippen LogP contribution is -2.11. The summed E-state index contributed by atoms with van der Waals surface area (Å²) in [5.74, 6) is -0.954. The van der Waals surface area contributed by atoms with Gasteiger partial charge < -0.3 is 5.11 Å². The molecule has 0 saturated carbocycles. The lowest BCUT2D eigenvalue weighted by Gasteiger charge is -2.15. The maximum Gasteiger partial charge on any atom is 0.357 e. The average molecular weight is 335 g/mol. The number of carboxylic acids is 1. The Labute approximate surface area is 125 Å². The number of rotatable bonds is 2. The third-order valence-corrected chi connectivity index (χ3v) is 4.24. The molecule has 0 amide bonds. The zero-order chi connectivity index (χ0) is 14.3. The maximum absolute atomic E-state index is 11.5. The number of aromatic carboxylic acids is 1. The van der Waals surface area contributed by atoms with E-state index in [1.807, 2.05) is 29.8 Å². The van der Waals surface area contributed by atoms with Crippen molar-refractivity contribution in [2.75, 3.05) is 0 Å². The Morgan fingerprint density at radius 2 is 2.20 bits per heavy atom. The van der Waals surface area contributed by atoms with E-state index in [1.54, 1.807) is 0 Å². The molecule has 2 aromatic rings. The molecule has 4 nitrogen and oxygen atoms in total. The van der Waals surface area contributed by atoms with Gasteiger partial charge in [-0.3, -0.25) is 4.68 Å². The van der Waals surface area contributed by atoms with Crippen LogP contribution in [0.4, 0.5) is 0 Å². The van der Waals surface area contributed by atoms with Crippen molar-refractivity contribution in [3.05, 3.63) is 39.6 Å². The van der Waals surface area contributed by atoms with E-state index in [0.717, 1.165) is 52.7 Å². The van der Waals surface area contributed by atoms with Gasteiger partial charge in [-0.25, -0.2) is 4.79 Å². The molecule has 0 radical (unpaired) electrons. The second-order valence-electron chi connectivity index (χ2n) is 5.11. The summed E-state index contributed by atoms with van der Waals surface area (Å²) in [6, 6.07) is 5.92. The minimum absolute atomic E-state index is 0.173. The fraction of sp³-hybridized carbons (Fsp3) is 0.333. The van der Waals surface area contributed by atoms with E-state index in [2.05, 4.69) is 21.0 Å². The van der Waals surface area contributed by atoms with Gasteiger partial charge in [-0.1, -0.05) is 22.0 Å². The third kappa shape index (κ3) is 2.16. The van der Waals surface area contributed by atoms with Gasteiger partial charge in [-0.15, -0.1) is 0 Å². The molecule has 0 aliphatic carbocycles. The molecular weight excluding hydrogens is 320 g/mol. The molecule has 0 spiro atoms. The van der Waals surface area contributed by atoms with Crippen molar-refractivity contribution in [1.29, 1.82) is 0 Å². The molecule has 0 bridgehead atoms. The summed E-state index contributed by atoms with van der Waals surface area (Å²) in [6.45, 7) is 2.81. The van der Waals surface area contributed by atoms with E-state index < -0.39 is 5.97 Å². The van der Waals surface area contributed by atoms with Gasteiger partial charge in [-0.05, 0) is 49.4 Å². The smallest absolute Gasteiger partial charge is 0.357 e. The van der Waals surface area contributed by atoms with Crippen LogP contribution in [0.1, 0.15) is 34.6 Å². The zero-order valence-electron chi connectivity index (χ0n) is 11.2. The first kappa shape index (κ1) is 13.4. The normalized spacial score (nSPS) is 14.1. The molecular formula is C15H15BrN2O2. The first-order valence-electron chi connectivity index (χ1n) is 6.67. The van der Waals surface area contributed by atoms with Gasteiger partial charge >= 0.3 is 5.97 Å². The molecule has 104 valence electrons. The molecule has 20 heavy (non-hydrogen) atoms. The Morgan fingerprint density at radius 3 is 2.90 bits per heavy atom. The molecule has 3 rings (SSSR count). The molecule has 1 aromatic carbocycles. The SMILES string of the molecule is Cc1cc(Br)ccc1-c1c(C(=O)O)nn2c1CCCC2. The zero-order valence-corrected chi connectivity index (χ0v) is 12.8. The summed E-state index contributed by atoms with van der Waals surface area (Å²) in [5, 5.41) is 13.7. The van der Waals surface area contributed by atoms with Crippen molar-refractivity contribution in [2.45, 2.75) is 32.7 Å². The minimum atomic E-state index is -0.954. The average Bonchev–Trinajstić information content (AvgIpc) is 2.78. The standard InChI is InChI=1S/C15H15BrN2O2/c1-9-8-10(16)5-6-11(9)13-12-4-2-3-7-18(12)17-14(13)15(19)20/h5-6,8H,2-4,7H2,1H3,(H,19,20). The largest absolute Gasteiger partial charge is 0.476 e. The number of aryl methyl sites for hydroxylation is 2. The van der Waals surface area contributed by atoms with Gasteiger partial charge in [0.05, 0.1) is 0 Å². The highest BCUT2D eigenvalue weighted by Gasteiger charge is 2.26. The van der Waals surface area contributed by atoms with E-state index in [4.69, 9.17) is 0 Å². The van der Waals surface area contributed by atoms with Crippen molar-refractivity contribution >= 4 is 21.9 Å². The molecule has 1 aliphatic rings. The number of carboxylic acid groups (broad SMARTS) is 1. The summed E-state index contributed by atoms with van der Waals surface area (Å²) in [5.41, 5.74) is 4.05. The molecule has 1 N–H and O–H groups in total. The van der Waals surface area contributed by atoms with Crippen LogP contribution in [-0.2, 0) is 13.0 Å². The second kappa shape index (κ2) is 5.05. The van der Waals surface area contributed by atoms with E-state index in [9.17, 15) is 9.90 Å². The van der Waals surface area contributed by atoms with Crippen LogP contribution >= 0.6 is 15.9 Å². The van der Waals surface area contributed by atoms with E-state index in [0.29, 0.717) is 0 Å². The van der Waals surface area contributed by atoms with E-state index in [1.165, 1.54) is 0 Å². The number of benzene rings is 1.